The summed E-state index contributed by atoms with van der Waals surface area (Å²) in [7, 11) is 0. The summed E-state index contributed by atoms with van der Waals surface area (Å²) in [5, 5.41) is 10.5. The molecule has 0 aliphatic rings. The zero-order valence-corrected chi connectivity index (χ0v) is 18.6. The first-order valence-electron chi connectivity index (χ1n) is 9.74. The lowest BCUT2D eigenvalue weighted by molar-refractivity contribution is -0.121. The highest BCUT2D eigenvalue weighted by Crippen LogP contribution is 1.72. The number of carbonyl (C=O) groups is 4. The summed E-state index contributed by atoms with van der Waals surface area (Å²) in [6.07, 6.45) is 1.77. The Kier molecular flexibility index (Phi) is 34.6. The molecule has 0 bridgehead atoms. The van der Waals surface area contributed by atoms with Crippen LogP contribution in [0, 0.1) is 0 Å². The third-order valence-electron chi connectivity index (χ3n) is 2.51. The van der Waals surface area contributed by atoms with Crippen molar-refractivity contribution in [2.24, 2.45) is 0 Å². The molecule has 27 heavy (non-hydrogen) atoms. The van der Waals surface area contributed by atoms with Gasteiger partial charge in [0.05, 0.1) is 0 Å². The van der Waals surface area contributed by atoms with Crippen molar-refractivity contribution in [3.05, 3.63) is 0 Å². The topological polar surface area (TPSA) is 116 Å². The standard InChI is InChI=1S/3C5H11NO.C4H9NO/c3*1-3-5(7)6-4-2;1-3-5-4(2)6/h3*3-4H2,1-2H3,(H,6,7);3H2,1-2H3,(H,5,6). The van der Waals surface area contributed by atoms with Crippen LogP contribution in [0.1, 0.15) is 74.7 Å². The summed E-state index contributed by atoms with van der Waals surface area (Å²) in [6, 6.07) is 0. The molecule has 0 aromatic rings. The number of carbonyl (C=O) groups excluding carboxylic acids is 4. The van der Waals surface area contributed by atoms with Gasteiger partial charge in [-0.15, -0.1) is 0 Å². The molecule has 4 N–H and O–H groups in total. The number of hydrogen-bond acceptors (Lipinski definition) is 4. The van der Waals surface area contributed by atoms with Gasteiger partial charge in [0.1, 0.15) is 0 Å². The molecule has 0 radical (unpaired) electrons. The first kappa shape index (κ1) is 32.5. The lowest BCUT2D eigenvalue weighted by Crippen LogP contribution is -2.20. The maximum Gasteiger partial charge on any atom is 0.219 e. The van der Waals surface area contributed by atoms with Crippen molar-refractivity contribution in [1.29, 1.82) is 0 Å². The summed E-state index contributed by atoms with van der Waals surface area (Å²) in [5.74, 6) is 0.421. The fourth-order valence-corrected chi connectivity index (χ4v) is 1.22. The maximum atomic E-state index is 10.3. The molecule has 0 fully saturated rings. The molecule has 4 amide bonds. The van der Waals surface area contributed by atoms with Crippen LogP contribution in [0.2, 0.25) is 0 Å². The fraction of sp³-hybridized carbons (Fsp3) is 0.789. The highest BCUT2D eigenvalue weighted by molar-refractivity contribution is 5.76. The second-order valence-electron chi connectivity index (χ2n) is 5.01. The van der Waals surface area contributed by atoms with Crippen molar-refractivity contribution < 1.29 is 19.2 Å². The normalized spacial score (nSPS) is 8.15. The van der Waals surface area contributed by atoms with Crippen LogP contribution in [0.15, 0.2) is 0 Å². The van der Waals surface area contributed by atoms with Crippen LogP contribution in [-0.2, 0) is 19.2 Å². The molecule has 0 heterocycles. The van der Waals surface area contributed by atoms with E-state index in [9.17, 15) is 19.2 Å². The van der Waals surface area contributed by atoms with E-state index in [0.29, 0.717) is 19.3 Å². The molecular weight excluding hydrogens is 348 g/mol. The van der Waals surface area contributed by atoms with Gasteiger partial charge in [0.2, 0.25) is 23.6 Å². The molecule has 0 aromatic carbocycles. The van der Waals surface area contributed by atoms with E-state index in [1.54, 1.807) is 0 Å². The van der Waals surface area contributed by atoms with Gasteiger partial charge in [0.25, 0.3) is 0 Å². The van der Waals surface area contributed by atoms with E-state index in [0.717, 1.165) is 26.2 Å². The van der Waals surface area contributed by atoms with E-state index < -0.39 is 0 Å². The van der Waals surface area contributed by atoms with Gasteiger partial charge in [-0.2, -0.15) is 0 Å². The van der Waals surface area contributed by atoms with Crippen LogP contribution in [-0.4, -0.2) is 49.8 Å². The van der Waals surface area contributed by atoms with Crippen molar-refractivity contribution in [3.63, 3.8) is 0 Å². The predicted molar refractivity (Wildman–Crippen MR) is 111 cm³/mol. The monoisotopic (exact) mass is 390 g/mol. The Labute approximate surface area is 165 Å². The quantitative estimate of drug-likeness (QED) is 0.530. The van der Waals surface area contributed by atoms with E-state index in [1.807, 2.05) is 48.5 Å². The average Bonchev–Trinajstić information content (AvgIpc) is 2.63. The fourth-order valence-electron chi connectivity index (χ4n) is 1.22. The van der Waals surface area contributed by atoms with E-state index in [2.05, 4.69) is 21.3 Å². The van der Waals surface area contributed by atoms with Crippen LogP contribution < -0.4 is 21.3 Å². The molecule has 8 heteroatoms. The number of nitrogens with one attached hydrogen (secondary N) is 4. The number of hydrogen-bond donors (Lipinski definition) is 4. The van der Waals surface area contributed by atoms with Crippen LogP contribution in [0.5, 0.6) is 0 Å². The average molecular weight is 391 g/mol. The third kappa shape index (κ3) is 45.3. The van der Waals surface area contributed by atoms with Gasteiger partial charge in [0, 0.05) is 52.4 Å². The second kappa shape index (κ2) is 28.7. The van der Waals surface area contributed by atoms with Gasteiger partial charge in [-0.05, 0) is 27.7 Å². The first-order valence-corrected chi connectivity index (χ1v) is 9.74. The minimum absolute atomic E-state index is 0.0394. The molecule has 0 saturated carbocycles. The number of amides is 4. The SMILES string of the molecule is CCNC(=O)CC.CCNC(=O)CC.CCNC(=O)CC.CCNC(C)=O. The Morgan fingerprint density at radius 3 is 0.741 bits per heavy atom. The molecule has 0 aromatic heterocycles. The molecule has 0 unspecified atom stereocenters. The van der Waals surface area contributed by atoms with Crippen LogP contribution in [0.4, 0.5) is 0 Å². The first-order chi connectivity index (χ1) is 12.7. The Bertz CT molecular complexity index is 332. The smallest absolute Gasteiger partial charge is 0.219 e. The summed E-state index contributed by atoms with van der Waals surface area (Å²) < 4.78 is 0. The van der Waals surface area contributed by atoms with E-state index in [-0.39, 0.29) is 23.6 Å². The summed E-state index contributed by atoms with van der Waals surface area (Å²) in [4.78, 5) is 40.8. The van der Waals surface area contributed by atoms with E-state index in [1.165, 1.54) is 6.92 Å². The van der Waals surface area contributed by atoms with Gasteiger partial charge >= 0.3 is 0 Å². The van der Waals surface area contributed by atoms with Gasteiger partial charge in [-0.3, -0.25) is 19.2 Å². The molecule has 0 spiro atoms. The zero-order valence-electron chi connectivity index (χ0n) is 18.6. The van der Waals surface area contributed by atoms with Gasteiger partial charge in [0.15, 0.2) is 0 Å². The predicted octanol–water partition coefficient (Wildman–Crippen LogP) is 1.74. The molecule has 0 atom stereocenters. The summed E-state index contributed by atoms with van der Waals surface area (Å²) >= 11 is 0. The van der Waals surface area contributed by atoms with Gasteiger partial charge in [-0.25, -0.2) is 0 Å². The van der Waals surface area contributed by atoms with E-state index >= 15 is 0 Å². The molecule has 8 nitrogen and oxygen atoms in total. The molecule has 0 rings (SSSR count). The summed E-state index contributed by atoms with van der Waals surface area (Å²) in [5.41, 5.74) is 0. The van der Waals surface area contributed by atoms with Gasteiger partial charge in [-0.1, -0.05) is 20.8 Å². The third-order valence-corrected chi connectivity index (χ3v) is 2.51. The Morgan fingerprint density at radius 2 is 0.704 bits per heavy atom. The van der Waals surface area contributed by atoms with Crippen LogP contribution >= 0.6 is 0 Å². The van der Waals surface area contributed by atoms with Gasteiger partial charge < -0.3 is 21.3 Å². The van der Waals surface area contributed by atoms with Crippen molar-refractivity contribution in [2.45, 2.75) is 74.7 Å². The molecule has 162 valence electrons. The van der Waals surface area contributed by atoms with Crippen LogP contribution in [0.25, 0.3) is 0 Å². The number of rotatable bonds is 7. The summed E-state index contributed by atoms with van der Waals surface area (Å²) in [6.45, 7) is 17.6. The second-order valence-corrected chi connectivity index (χ2v) is 5.01. The molecule has 0 aliphatic carbocycles. The Hall–Kier alpha value is -2.12. The Balaban J connectivity index is -0.000000131. The van der Waals surface area contributed by atoms with Crippen LogP contribution in [0.3, 0.4) is 0 Å². The molecular formula is C19H42N4O4. The highest BCUT2D eigenvalue weighted by Gasteiger charge is 1.89. The minimum Gasteiger partial charge on any atom is -0.357 e. The Morgan fingerprint density at radius 1 is 0.481 bits per heavy atom. The lowest BCUT2D eigenvalue weighted by atomic mass is 10.4. The lowest BCUT2D eigenvalue weighted by Gasteiger charge is -1.93. The van der Waals surface area contributed by atoms with Crippen molar-refractivity contribution in [2.75, 3.05) is 26.2 Å². The van der Waals surface area contributed by atoms with E-state index in [4.69, 9.17) is 0 Å². The minimum atomic E-state index is 0.0394. The van der Waals surface area contributed by atoms with Crippen molar-refractivity contribution in [1.82, 2.24) is 21.3 Å². The zero-order chi connectivity index (χ0) is 22.1. The molecule has 0 saturated heterocycles. The largest absolute Gasteiger partial charge is 0.357 e. The maximum absolute atomic E-state index is 10.3. The highest BCUT2D eigenvalue weighted by atomic mass is 16.2. The molecule has 0 aliphatic heterocycles. The van der Waals surface area contributed by atoms with Crippen molar-refractivity contribution in [3.8, 4) is 0 Å². The van der Waals surface area contributed by atoms with Crippen molar-refractivity contribution >= 4 is 23.6 Å².